The van der Waals surface area contributed by atoms with E-state index in [1.165, 1.54) is 24.8 Å². The van der Waals surface area contributed by atoms with Gasteiger partial charge in [0.05, 0.1) is 6.61 Å². The van der Waals surface area contributed by atoms with Gasteiger partial charge in [0.15, 0.2) is 0 Å². The molecule has 0 aromatic heterocycles. The van der Waals surface area contributed by atoms with Gasteiger partial charge in [-0.2, -0.15) is 0 Å². The van der Waals surface area contributed by atoms with Crippen LogP contribution < -0.4 is 10.1 Å². The van der Waals surface area contributed by atoms with Gasteiger partial charge in [0.2, 0.25) is 0 Å². The van der Waals surface area contributed by atoms with Crippen LogP contribution >= 0.6 is 0 Å². The highest BCUT2D eigenvalue weighted by atomic mass is 16.5. The first kappa shape index (κ1) is 14.0. The Balaban J connectivity index is 1.97. The molecule has 2 heteroatoms. The largest absolute Gasteiger partial charge is 0.494 e. The van der Waals surface area contributed by atoms with E-state index >= 15 is 0 Å². The predicted octanol–water partition coefficient (Wildman–Crippen LogP) is 3.54. The zero-order chi connectivity index (χ0) is 12.3. The zero-order valence-corrected chi connectivity index (χ0v) is 11.2. The van der Waals surface area contributed by atoms with Crippen LogP contribution in [0.1, 0.15) is 38.2 Å². The van der Waals surface area contributed by atoms with Crippen molar-refractivity contribution in [2.75, 3.05) is 19.7 Å². The van der Waals surface area contributed by atoms with E-state index in [4.69, 9.17) is 4.74 Å². The van der Waals surface area contributed by atoms with Crippen molar-refractivity contribution in [3.05, 3.63) is 29.8 Å². The molecule has 0 saturated heterocycles. The van der Waals surface area contributed by atoms with Crippen molar-refractivity contribution >= 4 is 0 Å². The normalized spacial score (nSPS) is 10.5. The fraction of sp³-hybridized carbons (Fsp3) is 0.600. The molecule has 2 nitrogen and oxygen atoms in total. The van der Waals surface area contributed by atoms with Gasteiger partial charge in [-0.05, 0) is 63.4 Å². The molecule has 1 N–H and O–H groups in total. The minimum absolute atomic E-state index is 0.831. The van der Waals surface area contributed by atoms with Crippen molar-refractivity contribution in [2.24, 2.45) is 0 Å². The Morgan fingerprint density at radius 3 is 2.76 bits per heavy atom. The minimum atomic E-state index is 0.831. The third kappa shape index (κ3) is 7.01. The lowest BCUT2D eigenvalue weighted by atomic mass is 10.2. The summed E-state index contributed by atoms with van der Waals surface area (Å²) in [6.45, 7) is 7.39. The van der Waals surface area contributed by atoms with Crippen molar-refractivity contribution in [2.45, 2.75) is 39.5 Å². The van der Waals surface area contributed by atoms with Crippen molar-refractivity contribution < 1.29 is 4.74 Å². The minimum Gasteiger partial charge on any atom is -0.494 e. The van der Waals surface area contributed by atoms with E-state index in [9.17, 15) is 0 Å². The number of hydrogen-bond donors (Lipinski definition) is 1. The molecule has 0 unspecified atom stereocenters. The van der Waals surface area contributed by atoms with Crippen LogP contribution in [0, 0.1) is 6.92 Å². The highest BCUT2D eigenvalue weighted by Gasteiger charge is 1.94. The van der Waals surface area contributed by atoms with Gasteiger partial charge in [-0.25, -0.2) is 0 Å². The Bertz CT molecular complexity index is 299. The van der Waals surface area contributed by atoms with E-state index < -0.39 is 0 Å². The molecular weight excluding hydrogens is 210 g/mol. The molecule has 1 aromatic rings. The van der Waals surface area contributed by atoms with E-state index in [0.29, 0.717) is 0 Å². The molecule has 0 atom stereocenters. The molecule has 0 saturated carbocycles. The average Bonchev–Trinajstić information content (AvgIpc) is 2.33. The molecule has 17 heavy (non-hydrogen) atoms. The maximum atomic E-state index is 5.69. The Hall–Kier alpha value is -1.02. The molecule has 0 spiro atoms. The van der Waals surface area contributed by atoms with Gasteiger partial charge in [0.1, 0.15) is 5.75 Å². The summed E-state index contributed by atoms with van der Waals surface area (Å²) < 4.78 is 5.69. The Morgan fingerprint density at radius 1 is 1.12 bits per heavy atom. The van der Waals surface area contributed by atoms with Crippen molar-refractivity contribution in [1.29, 1.82) is 0 Å². The summed E-state index contributed by atoms with van der Waals surface area (Å²) in [6.07, 6.45) is 4.85. The van der Waals surface area contributed by atoms with Crippen LogP contribution in [-0.2, 0) is 0 Å². The molecule has 0 amide bonds. The molecule has 0 fully saturated rings. The Kier molecular flexibility index (Phi) is 7.48. The molecule has 96 valence electrons. The Morgan fingerprint density at radius 2 is 2.00 bits per heavy atom. The lowest BCUT2D eigenvalue weighted by Gasteiger charge is -2.07. The van der Waals surface area contributed by atoms with E-state index in [0.717, 1.165) is 31.9 Å². The maximum absolute atomic E-state index is 5.69. The van der Waals surface area contributed by atoms with E-state index in [1.54, 1.807) is 0 Å². The molecular formula is C15H25NO. The molecule has 0 aliphatic rings. The lowest BCUT2D eigenvalue weighted by molar-refractivity contribution is 0.304. The molecule has 1 aromatic carbocycles. The summed E-state index contributed by atoms with van der Waals surface area (Å²) in [7, 11) is 0. The highest BCUT2D eigenvalue weighted by molar-refractivity contribution is 5.27. The van der Waals surface area contributed by atoms with Crippen molar-refractivity contribution in [3.8, 4) is 5.75 Å². The zero-order valence-electron chi connectivity index (χ0n) is 11.2. The monoisotopic (exact) mass is 235 g/mol. The number of nitrogens with one attached hydrogen (secondary N) is 1. The molecule has 1 rings (SSSR count). The molecule has 0 aliphatic carbocycles. The predicted molar refractivity (Wildman–Crippen MR) is 73.7 cm³/mol. The summed E-state index contributed by atoms with van der Waals surface area (Å²) >= 11 is 0. The van der Waals surface area contributed by atoms with Gasteiger partial charge in [-0.15, -0.1) is 0 Å². The average molecular weight is 235 g/mol. The van der Waals surface area contributed by atoms with Gasteiger partial charge < -0.3 is 10.1 Å². The number of unbranched alkanes of at least 4 members (excludes halogenated alkanes) is 2. The lowest BCUT2D eigenvalue weighted by Crippen LogP contribution is -2.15. The summed E-state index contributed by atoms with van der Waals surface area (Å²) in [4.78, 5) is 0. The van der Waals surface area contributed by atoms with Gasteiger partial charge >= 0.3 is 0 Å². The van der Waals surface area contributed by atoms with Crippen LogP contribution in [0.3, 0.4) is 0 Å². The topological polar surface area (TPSA) is 21.3 Å². The van der Waals surface area contributed by atoms with Crippen LogP contribution in [0.4, 0.5) is 0 Å². The summed E-state index contributed by atoms with van der Waals surface area (Å²) in [5.74, 6) is 0.995. The molecule has 0 radical (unpaired) electrons. The van der Waals surface area contributed by atoms with Crippen molar-refractivity contribution in [1.82, 2.24) is 5.32 Å². The van der Waals surface area contributed by atoms with Gasteiger partial charge in [-0.1, -0.05) is 19.1 Å². The van der Waals surface area contributed by atoms with E-state index in [2.05, 4.69) is 31.3 Å². The van der Waals surface area contributed by atoms with Gasteiger partial charge in [0.25, 0.3) is 0 Å². The van der Waals surface area contributed by atoms with Gasteiger partial charge in [-0.3, -0.25) is 0 Å². The first-order chi connectivity index (χ1) is 8.33. The number of hydrogen-bond acceptors (Lipinski definition) is 2. The van der Waals surface area contributed by atoms with Gasteiger partial charge in [0, 0.05) is 0 Å². The summed E-state index contributed by atoms with van der Waals surface area (Å²) in [6, 6.07) is 8.24. The second kappa shape index (κ2) is 9.06. The van der Waals surface area contributed by atoms with Crippen LogP contribution in [0.2, 0.25) is 0 Å². The molecule has 0 bridgehead atoms. The number of benzene rings is 1. The Labute approximate surface area is 105 Å². The SMILES string of the molecule is CCCNCCCCCOc1cccc(C)c1. The summed E-state index contributed by atoms with van der Waals surface area (Å²) in [5.41, 5.74) is 1.26. The van der Waals surface area contributed by atoms with Crippen LogP contribution in [0.15, 0.2) is 24.3 Å². The molecule has 0 aliphatic heterocycles. The van der Waals surface area contributed by atoms with Crippen LogP contribution in [-0.4, -0.2) is 19.7 Å². The van der Waals surface area contributed by atoms with Crippen LogP contribution in [0.5, 0.6) is 5.75 Å². The standard InChI is InChI=1S/C15H25NO/c1-3-10-16-11-5-4-6-12-17-15-9-7-8-14(2)13-15/h7-9,13,16H,3-6,10-12H2,1-2H3. The number of ether oxygens (including phenoxy) is 1. The van der Waals surface area contributed by atoms with E-state index in [-0.39, 0.29) is 0 Å². The highest BCUT2D eigenvalue weighted by Crippen LogP contribution is 2.12. The second-order valence-corrected chi connectivity index (χ2v) is 4.48. The maximum Gasteiger partial charge on any atom is 0.119 e. The number of aryl methyl sites for hydroxylation is 1. The fourth-order valence-electron chi connectivity index (χ4n) is 1.73. The first-order valence-electron chi connectivity index (χ1n) is 6.73. The quantitative estimate of drug-likeness (QED) is 0.661. The summed E-state index contributed by atoms with van der Waals surface area (Å²) in [5, 5.41) is 3.41. The smallest absolute Gasteiger partial charge is 0.119 e. The third-order valence-corrected chi connectivity index (χ3v) is 2.68. The second-order valence-electron chi connectivity index (χ2n) is 4.48. The third-order valence-electron chi connectivity index (χ3n) is 2.68. The van der Waals surface area contributed by atoms with Crippen LogP contribution in [0.25, 0.3) is 0 Å². The molecule has 0 heterocycles. The number of rotatable bonds is 9. The first-order valence-corrected chi connectivity index (χ1v) is 6.73. The van der Waals surface area contributed by atoms with Crippen molar-refractivity contribution in [3.63, 3.8) is 0 Å². The fourth-order valence-corrected chi connectivity index (χ4v) is 1.73. The van der Waals surface area contributed by atoms with E-state index in [1.807, 2.05) is 12.1 Å².